The lowest BCUT2D eigenvalue weighted by atomic mass is 10.2. The van der Waals surface area contributed by atoms with Crippen molar-refractivity contribution in [1.82, 2.24) is 0 Å². The molecule has 0 bridgehead atoms. The van der Waals surface area contributed by atoms with Crippen molar-refractivity contribution >= 4 is 5.69 Å². The summed E-state index contributed by atoms with van der Waals surface area (Å²) in [5.41, 5.74) is 0.500. The Morgan fingerprint density at radius 2 is 1.93 bits per heavy atom. The molecule has 1 aromatic carbocycles. The molecule has 0 N–H and O–H groups in total. The molecule has 1 rings (SSSR count). The predicted octanol–water partition coefficient (Wildman–Crippen LogP) is 1.92. The molecule has 0 aliphatic carbocycles. The van der Waals surface area contributed by atoms with Crippen LogP contribution in [0.25, 0.3) is 0 Å². The van der Waals surface area contributed by atoms with Crippen LogP contribution in [0.15, 0.2) is 12.1 Å². The van der Waals surface area contributed by atoms with Gasteiger partial charge in [-0.15, -0.1) is 0 Å². The van der Waals surface area contributed by atoms with E-state index >= 15 is 0 Å². The molecule has 5 nitrogen and oxygen atoms in total. The maximum atomic E-state index is 10.7. The fourth-order valence-electron chi connectivity index (χ4n) is 1.22. The molecule has 0 atom stereocenters. The zero-order chi connectivity index (χ0) is 10.7. The highest BCUT2D eigenvalue weighted by atomic mass is 16.6. The Bertz CT molecular complexity index is 362. The fraction of sp³-hybridized carbons (Fsp3) is 0.333. The summed E-state index contributed by atoms with van der Waals surface area (Å²) in [6.07, 6.45) is 0. The maximum absolute atomic E-state index is 10.7. The van der Waals surface area contributed by atoms with Crippen LogP contribution in [0.2, 0.25) is 0 Å². The number of hydrogen-bond acceptors (Lipinski definition) is 4. The Morgan fingerprint density at radius 3 is 2.36 bits per heavy atom. The number of rotatable bonds is 3. The molecule has 0 spiro atoms. The Hall–Kier alpha value is -1.78. The summed E-state index contributed by atoms with van der Waals surface area (Å²) in [6, 6.07) is 3.09. The number of nitro benzene ring substituents is 1. The second-order valence-corrected chi connectivity index (χ2v) is 2.75. The van der Waals surface area contributed by atoms with E-state index in [1.54, 1.807) is 13.0 Å². The Labute approximate surface area is 81.4 Å². The van der Waals surface area contributed by atoms with Crippen LogP contribution in [-0.2, 0) is 0 Å². The topological polar surface area (TPSA) is 61.6 Å². The van der Waals surface area contributed by atoms with Gasteiger partial charge in [-0.25, -0.2) is 0 Å². The number of aryl methyl sites for hydroxylation is 1. The lowest BCUT2D eigenvalue weighted by Crippen LogP contribution is -1.97. The quantitative estimate of drug-likeness (QED) is 0.548. The summed E-state index contributed by atoms with van der Waals surface area (Å²) in [5.74, 6) is 0.761. The first-order valence-electron chi connectivity index (χ1n) is 3.97. The second-order valence-electron chi connectivity index (χ2n) is 2.75. The van der Waals surface area contributed by atoms with Crippen LogP contribution >= 0.6 is 0 Å². The molecule has 0 aliphatic rings. The molecule has 14 heavy (non-hydrogen) atoms. The molecule has 0 aliphatic heterocycles. The van der Waals surface area contributed by atoms with E-state index in [1.165, 1.54) is 20.3 Å². The summed E-state index contributed by atoms with van der Waals surface area (Å²) in [7, 11) is 2.89. The molecule has 76 valence electrons. The van der Waals surface area contributed by atoms with Gasteiger partial charge in [-0.1, -0.05) is 0 Å². The molecule has 0 amide bonds. The van der Waals surface area contributed by atoms with Crippen LogP contribution in [0.1, 0.15) is 5.56 Å². The molecule has 0 aromatic heterocycles. The number of nitro groups is 1. The van der Waals surface area contributed by atoms with Crippen molar-refractivity contribution in [2.75, 3.05) is 14.2 Å². The Balaban J connectivity index is 3.34. The largest absolute Gasteiger partial charge is 0.497 e. The van der Waals surface area contributed by atoms with E-state index < -0.39 is 4.92 Å². The number of benzene rings is 1. The van der Waals surface area contributed by atoms with Gasteiger partial charge in [0.2, 0.25) is 5.75 Å². The molecule has 0 radical (unpaired) electrons. The Morgan fingerprint density at radius 1 is 1.29 bits per heavy atom. The van der Waals surface area contributed by atoms with Gasteiger partial charge in [0.1, 0.15) is 5.75 Å². The molecule has 5 heteroatoms. The van der Waals surface area contributed by atoms with E-state index in [-0.39, 0.29) is 11.4 Å². The van der Waals surface area contributed by atoms with Gasteiger partial charge in [0.05, 0.1) is 19.1 Å². The smallest absolute Gasteiger partial charge is 0.314 e. The van der Waals surface area contributed by atoms with Gasteiger partial charge in [-0.05, 0) is 13.0 Å². The third-order valence-corrected chi connectivity index (χ3v) is 1.88. The third-order valence-electron chi connectivity index (χ3n) is 1.88. The van der Waals surface area contributed by atoms with Crippen molar-refractivity contribution in [3.05, 3.63) is 27.8 Å². The molecule has 0 fully saturated rings. The standard InChI is InChI=1S/C9H11NO4/c1-6-4-7(13-2)5-8(14-3)9(6)10(11)12/h4-5H,1-3H3. The molecule has 1 aromatic rings. The van der Waals surface area contributed by atoms with Crippen molar-refractivity contribution in [1.29, 1.82) is 0 Å². The predicted molar refractivity (Wildman–Crippen MR) is 50.9 cm³/mol. The zero-order valence-corrected chi connectivity index (χ0v) is 8.23. The first-order valence-corrected chi connectivity index (χ1v) is 3.97. The monoisotopic (exact) mass is 197 g/mol. The summed E-state index contributed by atoms with van der Waals surface area (Å²) < 4.78 is 9.88. The molecule has 0 saturated carbocycles. The minimum absolute atomic E-state index is 0.0201. The first kappa shape index (κ1) is 10.3. The summed E-state index contributed by atoms with van der Waals surface area (Å²) >= 11 is 0. The normalized spacial score (nSPS) is 9.64. The van der Waals surface area contributed by atoms with Crippen LogP contribution in [0.5, 0.6) is 11.5 Å². The van der Waals surface area contributed by atoms with Gasteiger partial charge >= 0.3 is 5.69 Å². The van der Waals surface area contributed by atoms with Gasteiger partial charge in [0.15, 0.2) is 0 Å². The van der Waals surface area contributed by atoms with Gasteiger partial charge in [0.25, 0.3) is 0 Å². The van der Waals surface area contributed by atoms with Crippen molar-refractivity contribution in [2.45, 2.75) is 6.92 Å². The van der Waals surface area contributed by atoms with Crippen LogP contribution in [0.3, 0.4) is 0 Å². The van der Waals surface area contributed by atoms with Crippen molar-refractivity contribution in [3.8, 4) is 11.5 Å². The van der Waals surface area contributed by atoms with Gasteiger partial charge < -0.3 is 9.47 Å². The minimum atomic E-state index is -0.465. The average molecular weight is 197 g/mol. The van der Waals surface area contributed by atoms with E-state index in [0.717, 1.165) is 0 Å². The highest BCUT2D eigenvalue weighted by Gasteiger charge is 2.19. The summed E-state index contributed by atoms with van der Waals surface area (Å²) in [4.78, 5) is 10.2. The van der Waals surface area contributed by atoms with Crippen LogP contribution in [-0.4, -0.2) is 19.1 Å². The highest BCUT2D eigenvalue weighted by molar-refractivity contribution is 5.56. The van der Waals surface area contributed by atoms with E-state index in [4.69, 9.17) is 9.47 Å². The van der Waals surface area contributed by atoms with E-state index in [1.807, 2.05) is 0 Å². The Kier molecular flexibility index (Phi) is 2.91. The summed E-state index contributed by atoms with van der Waals surface area (Å²) in [6.45, 7) is 1.64. The minimum Gasteiger partial charge on any atom is -0.497 e. The van der Waals surface area contributed by atoms with Gasteiger partial charge in [-0.2, -0.15) is 0 Å². The van der Waals surface area contributed by atoms with Gasteiger partial charge in [-0.3, -0.25) is 10.1 Å². The van der Waals surface area contributed by atoms with E-state index in [9.17, 15) is 10.1 Å². The van der Waals surface area contributed by atoms with Crippen molar-refractivity contribution < 1.29 is 14.4 Å². The van der Waals surface area contributed by atoms with Crippen LogP contribution in [0, 0.1) is 17.0 Å². The van der Waals surface area contributed by atoms with Crippen LogP contribution < -0.4 is 9.47 Å². The molecular formula is C9H11NO4. The number of methoxy groups -OCH3 is 2. The lowest BCUT2D eigenvalue weighted by Gasteiger charge is -2.06. The lowest BCUT2D eigenvalue weighted by molar-refractivity contribution is -0.386. The highest BCUT2D eigenvalue weighted by Crippen LogP contribution is 2.34. The molecule has 0 unspecified atom stereocenters. The SMILES string of the molecule is COc1cc(C)c([N+](=O)[O-])c(OC)c1. The average Bonchev–Trinajstić information content (AvgIpc) is 2.15. The fourth-order valence-corrected chi connectivity index (χ4v) is 1.22. The summed E-state index contributed by atoms with van der Waals surface area (Å²) in [5, 5.41) is 10.7. The molecule has 0 saturated heterocycles. The number of nitrogens with zero attached hydrogens (tertiary/aromatic N) is 1. The molecular weight excluding hydrogens is 186 g/mol. The molecule has 0 heterocycles. The maximum Gasteiger partial charge on any atom is 0.314 e. The van der Waals surface area contributed by atoms with E-state index in [2.05, 4.69) is 0 Å². The van der Waals surface area contributed by atoms with Crippen LogP contribution in [0.4, 0.5) is 5.69 Å². The third kappa shape index (κ3) is 1.76. The van der Waals surface area contributed by atoms with Crippen molar-refractivity contribution in [2.24, 2.45) is 0 Å². The zero-order valence-electron chi connectivity index (χ0n) is 8.23. The first-order chi connectivity index (χ1) is 6.60. The number of ether oxygens (including phenoxy) is 2. The second kappa shape index (κ2) is 3.95. The van der Waals surface area contributed by atoms with Crippen molar-refractivity contribution in [3.63, 3.8) is 0 Å². The number of hydrogen-bond donors (Lipinski definition) is 0. The van der Waals surface area contributed by atoms with E-state index in [0.29, 0.717) is 11.3 Å². The van der Waals surface area contributed by atoms with Gasteiger partial charge in [0, 0.05) is 11.6 Å².